The number of morpholine rings is 1. The number of hydrogen-bond donors (Lipinski definition) is 1. The molecule has 1 atom stereocenters. The highest BCUT2D eigenvalue weighted by molar-refractivity contribution is 5.86. The van der Waals surface area contributed by atoms with Gasteiger partial charge in [-0.25, -0.2) is 4.79 Å². The van der Waals surface area contributed by atoms with Crippen LogP contribution in [0.4, 0.5) is 0 Å². The highest BCUT2D eigenvalue weighted by Crippen LogP contribution is 2.23. The van der Waals surface area contributed by atoms with Crippen LogP contribution in [0.2, 0.25) is 0 Å². The van der Waals surface area contributed by atoms with Crippen molar-refractivity contribution in [2.24, 2.45) is 0 Å². The average Bonchev–Trinajstić information content (AvgIpc) is 2.84. The van der Waals surface area contributed by atoms with Gasteiger partial charge in [0.05, 0.1) is 32.0 Å². The summed E-state index contributed by atoms with van der Waals surface area (Å²) in [7, 11) is 1.32. The first-order chi connectivity index (χ1) is 9.43. The molecular weight excluding hydrogens is 262 g/mol. The number of methoxy groups -OCH3 is 1. The molecule has 0 radical (unpaired) electrons. The van der Waals surface area contributed by atoms with E-state index in [2.05, 4.69) is 9.64 Å². The van der Waals surface area contributed by atoms with Crippen LogP contribution in [0.3, 0.4) is 0 Å². The lowest BCUT2D eigenvalue weighted by Crippen LogP contribution is -2.53. The number of carbonyl (C=O) groups excluding carboxylic acids is 1. The maximum atomic E-state index is 11.3. The van der Waals surface area contributed by atoms with Crippen molar-refractivity contribution < 1.29 is 23.8 Å². The van der Waals surface area contributed by atoms with E-state index in [1.165, 1.54) is 7.11 Å². The Kier molecular flexibility index (Phi) is 4.47. The van der Waals surface area contributed by atoms with Gasteiger partial charge in [-0.3, -0.25) is 4.90 Å². The van der Waals surface area contributed by atoms with Crippen molar-refractivity contribution in [2.45, 2.75) is 32.1 Å². The van der Waals surface area contributed by atoms with Gasteiger partial charge in [0.2, 0.25) is 5.76 Å². The molecule has 0 aliphatic carbocycles. The molecule has 1 aromatic heterocycles. The third-order valence-electron chi connectivity index (χ3n) is 3.18. The van der Waals surface area contributed by atoms with Gasteiger partial charge in [0, 0.05) is 13.1 Å². The molecule has 0 saturated carbocycles. The van der Waals surface area contributed by atoms with Crippen LogP contribution in [0.5, 0.6) is 0 Å². The number of aliphatic hydroxyl groups excluding tert-OH is 1. The second-order valence-electron chi connectivity index (χ2n) is 5.61. The van der Waals surface area contributed by atoms with E-state index in [4.69, 9.17) is 9.15 Å². The minimum Gasteiger partial charge on any atom is -0.463 e. The first-order valence-corrected chi connectivity index (χ1v) is 6.61. The summed E-state index contributed by atoms with van der Waals surface area (Å²) >= 11 is 0. The van der Waals surface area contributed by atoms with Crippen LogP contribution < -0.4 is 0 Å². The number of esters is 1. The van der Waals surface area contributed by atoms with Crippen molar-refractivity contribution in [3.05, 3.63) is 23.7 Å². The van der Waals surface area contributed by atoms with Crippen molar-refractivity contribution >= 4 is 5.97 Å². The molecule has 0 bridgehead atoms. The predicted octanol–water partition coefficient (Wildman–Crippen LogP) is 1.04. The lowest BCUT2D eigenvalue weighted by atomic mass is 10.1. The molecule has 1 fully saturated rings. The Morgan fingerprint density at radius 1 is 1.55 bits per heavy atom. The standard InChI is InChI=1S/C14H21NO5/c1-14(2)9-15(7-11(8-16)20-14)6-10-4-5-12(19-10)13(17)18-3/h4-5,11,16H,6-9H2,1-3H3. The largest absolute Gasteiger partial charge is 0.463 e. The second kappa shape index (κ2) is 5.95. The number of carbonyl (C=O) groups is 1. The van der Waals surface area contributed by atoms with Gasteiger partial charge in [-0.1, -0.05) is 0 Å². The van der Waals surface area contributed by atoms with Gasteiger partial charge in [0.1, 0.15) is 5.76 Å². The fraction of sp³-hybridized carbons (Fsp3) is 0.643. The van der Waals surface area contributed by atoms with Crippen LogP contribution in [0.1, 0.15) is 30.2 Å². The van der Waals surface area contributed by atoms with Crippen LogP contribution in [0.25, 0.3) is 0 Å². The maximum Gasteiger partial charge on any atom is 0.373 e. The Labute approximate surface area is 118 Å². The molecule has 112 valence electrons. The quantitative estimate of drug-likeness (QED) is 0.832. The van der Waals surface area contributed by atoms with E-state index in [0.717, 1.165) is 6.54 Å². The van der Waals surface area contributed by atoms with Crippen LogP contribution in [0, 0.1) is 0 Å². The van der Waals surface area contributed by atoms with Gasteiger partial charge >= 0.3 is 5.97 Å². The minimum absolute atomic E-state index is 0.00844. The number of hydrogen-bond acceptors (Lipinski definition) is 6. The Morgan fingerprint density at radius 3 is 2.95 bits per heavy atom. The highest BCUT2D eigenvalue weighted by Gasteiger charge is 2.33. The van der Waals surface area contributed by atoms with Gasteiger partial charge in [-0.2, -0.15) is 0 Å². The summed E-state index contributed by atoms with van der Waals surface area (Å²) in [4.78, 5) is 13.5. The van der Waals surface area contributed by atoms with E-state index in [9.17, 15) is 9.90 Å². The van der Waals surface area contributed by atoms with Crippen molar-refractivity contribution in [1.29, 1.82) is 0 Å². The third-order valence-corrected chi connectivity index (χ3v) is 3.18. The zero-order valence-electron chi connectivity index (χ0n) is 12.1. The SMILES string of the molecule is COC(=O)c1ccc(CN2CC(CO)OC(C)(C)C2)o1. The van der Waals surface area contributed by atoms with Crippen LogP contribution >= 0.6 is 0 Å². The summed E-state index contributed by atoms with van der Waals surface area (Å²) in [6, 6.07) is 3.37. The fourth-order valence-corrected chi connectivity index (χ4v) is 2.53. The normalized spacial score (nSPS) is 22.7. The lowest BCUT2D eigenvalue weighted by Gasteiger charge is -2.42. The molecule has 6 heteroatoms. The van der Waals surface area contributed by atoms with E-state index >= 15 is 0 Å². The topological polar surface area (TPSA) is 72.1 Å². The lowest BCUT2D eigenvalue weighted by molar-refractivity contribution is -0.151. The van der Waals surface area contributed by atoms with Crippen molar-refractivity contribution in [2.75, 3.05) is 26.8 Å². The molecule has 1 aromatic rings. The molecule has 1 unspecified atom stereocenters. The Morgan fingerprint density at radius 2 is 2.30 bits per heavy atom. The Balaban J connectivity index is 2.01. The molecule has 0 amide bonds. The van der Waals surface area contributed by atoms with Gasteiger partial charge in [0.25, 0.3) is 0 Å². The highest BCUT2D eigenvalue weighted by atomic mass is 16.5. The van der Waals surface area contributed by atoms with E-state index in [1.807, 2.05) is 13.8 Å². The van der Waals surface area contributed by atoms with Crippen molar-refractivity contribution in [1.82, 2.24) is 4.90 Å². The number of nitrogens with zero attached hydrogens (tertiary/aromatic N) is 1. The van der Waals surface area contributed by atoms with E-state index in [-0.39, 0.29) is 24.1 Å². The van der Waals surface area contributed by atoms with E-state index in [0.29, 0.717) is 18.8 Å². The van der Waals surface area contributed by atoms with Crippen molar-refractivity contribution in [3.8, 4) is 0 Å². The number of aliphatic hydroxyl groups is 1. The van der Waals surface area contributed by atoms with Gasteiger partial charge < -0.3 is 19.0 Å². The molecule has 0 spiro atoms. The summed E-state index contributed by atoms with van der Waals surface area (Å²) in [5.74, 6) is 0.417. The average molecular weight is 283 g/mol. The minimum atomic E-state index is -0.480. The molecule has 1 N–H and O–H groups in total. The smallest absolute Gasteiger partial charge is 0.373 e. The zero-order valence-corrected chi connectivity index (χ0v) is 12.1. The summed E-state index contributed by atoms with van der Waals surface area (Å²) in [6.07, 6.45) is -0.200. The molecule has 6 nitrogen and oxygen atoms in total. The molecule has 2 rings (SSSR count). The molecule has 1 saturated heterocycles. The predicted molar refractivity (Wildman–Crippen MR) is 71.4 cm³/mol. The Bertz CT molecular complexity index is 468. The summed E-state index contributed by atoms with van der Waals surface area (Å²) in [5.41, 5.74) is -0.316. The Hall–Kier alpha value is -1.37. The monoisotopic (exact) mass is 283 g/mol. The number of furan rings is 1. The first kappa shape index (κ1) is 15.0. The first-order valence-electron chi connectivity index (χ1n) is 6.61. The third kappa shape index (κ3) is 3.59. The molecule has 2 heterocycles. The van der Waals surface area contributed by atoms with Crippen LogP contribution in [-0.4, -0.2) is 54.5 Å². The van der Waals surface area contributed by atoms with Crippen LogP contribution in [-0.2, 0) is 16.0 Å². The second-order valence-corrected chi connectivity index (χ2v) is 5.61. The molecule has 20 heavy (non-hydrogen) atoms. The van der Waals surface area contributed by atoms with E-state index in [1.54, 1.807) is 12.1 Å². The number of ether oxygens (including phenoxy) is 2. The summed E-state index contributed by atoms with van der Waals surface area (Å²) < 4.78 is 15.8. The van der Waals surface area contributed by atoms with E-state index < -0.39 is 5.97 Å². The molecule has 1 aliphatic rings. The van der Waals surface area contributed by atoms with Gasteiger partial charge in [-0.15, -0.1) is 0 Å². The van der Waals surface area contributed by atoms with Gasteiger partial charge in [-0.05, 0) is 26.0 Å². The summed E-state index contributed by atoms with van der Waals surface area (Å²) in [5, 5.41) is 9.28. The molecular formula is C14H21NO5. The fourth-order valence-electron chi connectivity index (χ4n) is 2.53. The van der Waals surface area contributed by atoms with Crippen molar-refractivity contribution in [3.63, 3.8) is 0 Å². The molecule has 0 aromatic carbocycles. The maximum absolute atomic E-state index is 11.3. The van der Waals surface area contributed by atoms with Gasteiger partial charge in [0.15, 0.2) is 0 Å². The number of rotatable bonds is 4. The summed E-state index contributed by atoms with van der Waals surface area (Å²) in [6.45, 7) is 5.91. The molecule has 1 aliphatic heterocycles. The van der Waals surface area contributed by atoms with Crippen LogP contribution in [0.15, 0.2) is 16.5 Å². The zero-order chi connectivity index (χ0) is 14.8.